The van der Waals surface area contributed by atoms with Crippen molar-refractivity contribution in [1.82, 2.24) is 4.57 Å². The van der Waals surface area contributed by atoms with Crippen LogP contribution in [0.15, 0.2) is 47.4 Å². The number of halogens is 1. The molecule has 0 atom stereocenters. The monoisotopic (exact) mass is 221 g/mol. The van der Waals surface area contributed by atoms with Gasteiger partial charge in [0.15, 0.2) is 0 Å². The molecule has 0 bridgehead atoms. The number of aromatic nitrogens is 1. The second kappa shape index (κ2) is 4.61. The number of hydrogen-bond acceptors (Lipinski definition) is 2. The van der Waals surface area contributed by atoms with Gasteiger partial charge in [-0.1, -0.05) is 6.07 Å². The van der Waals surface area contributed by atoms with Crippen molar-refractivity contribution in [3.8, 4) is 11.4 Å². The number of nitrogens with zero attached hydrogens (tertiary/aromatic N) is 1. The molecule has 4 heteroatoms. The molecular weight excluding hydrogens is 209 g/mol. The van der Waals surface area contributed by atoms with Crippen LogP contribution in [-0.2, 0) is 0 Å². The highest BCUT2D eigenvalue weighted by atomic mass is 19.0. The van der Waals surface area contributed by atoms with Gasteiger partial charge < -0.3 is 5.11 Å². The van der Waals surface area contributed by atoms with Crippen LogP contribution < -0.4 is 5.56 Å². The molecule has 1 aromatic heterocycles. The van der Waals surface area contributed by atoms with Crippen molar-refractivity contribution in [2.24, 2.45) is 0 Å². The molecule has 0 saturated carbocycles. The van der Waals surface area contributed by atoms with Gasteiger partial charge in [-0.25, -0.2) is 0 Å². The summed E-state index contributed by atoms with van der Waals surface area (Å²) in [6, 6.07) is 9.84. The molecule has 0 fully saturated rings. The first-order valence-electron chi connectivity index (χ1n) is 4.65. The molecule has 1 heterocycles. The van der Waals surface area contributed by atoms with Crippen LogP contribution in [0.25, 0.3) is 5.69 Å². The van der Waals surface area contributed by atoms with E-state index in [1.807, 2.05) is 6.92 Å². The summed E-state index contributed by atoms with van der Waals surface area (Å²) in [5.41, 5.74) is 1.69. The van der Waals surface area contributed by atoms with Crippen molar-refractivity contribution in [1.29, 1.82) is 0 Å². The van der Waals surface area contributed by atoms with E-state index in [4.69, 9.17) is 5.11 Å². The van der Waals surface area contributed by atoms with Gasteiger partial charge in [-0.15, -0.1) is 0 Å². The van der Waals surface area contributed by atoms with Gasteiger partial charge >= 0.3 is 0 Å². The molecule has 0 radical (unpaired) electrons. The number of hydrogen-bond donors (Lipinski definition) is 1. The Kier molecular flexibility index (Phi) is 3.45. The largest absolute Gasteiger partial charge is 0.508 e. The van der Waals surface area contributed by atoms with Crippen LogP contribution in [0.4, 0.5) is 4.70 Å². The van der Waals surface area contributed by atoms with Crippen molar-refractivity contribution in [2.75, 3.05) is 0 Å². The summed E-state index contributed by atoms with van der Waals surface area (Å²) in [5, 5.41) is 9.14. The SMILES string of the molecule is Cc1ccc(=O)n(-c2ccc(O)cc2)c1.F. The number of phenolic OH excluding ortho intramolecular Hbond substituents is 1. The van der Waals surface area contributed by atoms with Crippen LogP contribution in [0.1, 0.15) is 5.56 Å². The Balaban J connectivity index is 0.00000128. The molecule has 1 aromatic carbocycles. The highest BCUT2D eigenvalue weighted by molar-refractivity contribution is 5.37. The summed E-state index contributed by atoms with van der Waals surface area (Å²) in [7, 11) is 0. The van der Waals surface area contributed by atoms with E-state index in [1.54, 1.807) is 41.1 Å². The van der Waals surface area contributed by atoms with Crippen LogP contribution in [0, 0.1) is 6.92 Å². The summed E-state index contributed by atoms with van der Waals surface area (Å²) in [6.07, 6.45) is 1.77. The summed E-state index contributed by atoms with van der Waals surface area (Å²) >= 11 is 0. The number of benzene rings is 1. The van der Waals surface area contributed by atoms with Gasteiger partial charge in [-0.3, -0.25) is 14.1 Å². The van der Waals surface area contributed by atoms with E-state index in [9.17, 15) is 4.79 Å². The molecule has 84 valence electrons. The number of aromatic hydroxyl groups is 1. The van der Waals surface area contributed by atoms with Gasteiger partial charge in [0.25, 0.3) is 5.56 Å². The number of pyridine rings is 1. The Morgan fingerprint density at radius 2 is 1.69 bits per heavy atom. The average molecular weight is 221 g/mol. The minimum atomic E-state index is -0.0775. The minimum absolute atomic E-state index is 0. The number of phenols is 1. The van der Waals surface area contributed by atoms with Crippen LogP contribution in [-0.4, -0.2) is 9.67 Å². The van der Waals surface area contributed by atoms with Crippen molar-refractivity contribution >= 4 is 0 Å². The summed E-state index contributed by atoms with van der Waals surface area (Å²) < 4.78 is 1.55. The molecule has 16 heavy (non-hydrogen) atoms. The Labute approximate surface area is 92.0 Å². The van der Waals surface area contributed by atoms with Crippen molar-refractivity contribution in [2.45, 2.75) is 6.92 Å². The molecule has 0 spiro atoms. The zero-order chi connectivity index (χ0) is 10.8. The van der Waals surface area contributed by atoms with E-state index >= 15 is 0 Å². The minimum Gasteiger partial charge on any atom is -0.508 e. The van der Waals surface area contributed by atoms with Crippen LogP contribution in [0.5, 0.6) is 5.75 Å². The van der Waals surface area contributed by atoms with Gasteiger partial charge in [0.1, 0.15) is 5.75 Å². The van der Waals surface area contributed by atoms with E-state index in [0.29, 0.717) is 0 Å². The lowest BCUT2D eigenvalue weighted by atomic mass is 10.2. The number of rotatable bonds is 1. The lowest BCUT2D eigenvalue weighted by Crippen LogP contribution is -2.16. The second-order valence-electron chi connectivity index (χ2n) is 3.43. The van der Waals surface area contributed by atoms with Gasteiger partial charge in [0, 0.05) is 18.0 Å². The predicted octanol–water partition coefficient (Wildman–Crippen LogP) is 2.00. The zero-order valence-electron chi connectivity index (χ0n) is 8.75. The van der Waals surface area contributed by atoms with Gasteiger partial charge in [-0.2, -0.15) is 0 Å². The molecule has 0 amide bonds. The van der Waals surface area contributed by atoms with Crippen LogP contribution in [0.2, 0.25) is 0 Å². The molecule has 2 rings (SSSR count). The Hall–Kier alpha value is -2.10. The quantitative estimate of drug-likeness (QED) is 0.800. The van der Waals surface area contributed by atoms with Gasteiger partial charge in [0.2, 0.25) is 0 Å². The normalized spacial score (nSPS) is 9.56. The van der Waals surface area contributed by atoms with Crippen molar-refractivity contribution in [3.63, 3.8) is 0 Å². The molecule has 0 saturated heterocycles. The lowest BCUT2D eigenvalue weighted by Gasteiger charge is -2.05. The lowest BCUT2D eigenvalue weighted by molar-refractivity contribution is 0.475. The third-order valence-corrected chi connectivity index (χ3v) is 2.19. The molecule has 0 unspecified atom stereocenters. The Morgan fingerprint density at radius 1 is 1.06 bits per heavy atom. The van der Waals surface area contributed by atoms with Gasteiger partial charge in [0.05, 0.1) is 0 Å². The third-order valence-electron chi connectivity index (χ3n) is 2.19. The molecular formula is C12H12FNO2. The molecule has 0 aliphatic heterocycles. The Morgan fingerprint density at radius 3 is 2.31 bits per heavy atom. The molecule has 0 aliphatic rings. The fourth-order valence-corrected chi connectivity index (χ4v) is 1.41. The first-order chi connectivity index (χ1) is 7.16. The molecule has 0 aliphatic carbocycles. The topological polar surface area (TPSA) is 42.2 Å². The zero-order valence-corrected chi connectivity index (χ0v) is 8.75. The van der Waals surface area contributed by atoms with E-state index < -0.39 is 0 Å². The second-order valence-corrected chi connectivity index (χ2v) is 3.43. The van der Waals surface area contributed by atoms with Crippen LogP contribution >= 0.6 is 0 Å². The molecule has 1 N–H and O–H groups in total. The van der Waals surface area contributed by atoms with Crippen LogP contribution in [0.3, 0.4) is 0 Å². The predicted molar refractivity (Wildman–Crippen MR) is 60.9 cm³/mol. The first-order valence-corrected chi connectivity index (χ1v) is 4.65. The van der Waals surface area contributed by atoms with Gasteiger partial charge in [-0.05, 0) is 36.8 Å². The maximum Gasteiger partial charge on any atom is 0.255 e. The van der Waals surface area contributed by atoms with E-state index in [2.05, 4.69) is 0 Å². The third kappa shape index (κ3) is 2.28. The highest BCUT2D eigenvalue weighted by Gasteiger charge is 1.99. The first kappa shape index (κ1) is 12.0. The fourth-order valence-electron chi connectivity index (χ4n) is 1.41. The summed E-state index contributed by atoms with van der Waals surface area (Å²) in [5.74, 6) is 0.194. The Bertz CT molecular complexity index is 531. The standard InChI is InChI=1S/C12H11NO2.FH/c1-9-2-7-12(15)13(8-9)10-3-5-11(14)6-4-10;/h2-8,14H,1H3;1H. The molecule has 3 nitrogen and oxygen atoms in total. The smallest absolute Gasteiger partial charge is 0.255 e. The maximum absolute atomic E-state index is 11.6. The summed E-state index contributed by atoms with van der Waals surface area (Å²) in [6.45, 7) is 1.93. The maximum atomic E-state index is 11.6. The van der Waals surface area contributed by atoms with Crippen molar-refractivity contribution in [3.05, 3.63) is 58.5 Å². The van der Waals surface area contributed by atoms with E-state index in [0.717, 1.165) is 11.3 Å². The van der Waals surface area contributed by atoms with Crippen molar-refractivity contribution < 1.29 is 9.81 Å². The number of aryl methyl sites for hydroxylation is 1. The van der Waals surface area contributed by atoms with E-state index in [1.165, 1.54) is 6.07 Å². The summed E-state index contributed by atoms with van der Waals surface area (Å²) in [4.78, 5) is 11.6. The molecule has 2 aromatic rings. The van der Waals surface area contributed by atoms with E-state index in [-0.39, 0.29) is 16.0 Å². The average Bonchev–Trinajstić information content (AvgIpc) is 2.23. The fraction of sp³-hybridized carbons (Fsp3) is 0.0833. The highest BCUT2D eigenvalue weighted by Crippen LogP contribution is 2.12.